The van der Waals surface area contributed by atoms with Gasteiger partial charge in [-0.2, -0.15) is 0 Å². The molecule has 3 unspecified atom stereocenters. The summed E-state index contributed by atoms with van der Waals surface area (Å²) in [6, 6.07) is 0. The Balaban J connectivity index is 0.00000192. The van der Waals surface area contributed by atoms with Crippen molar-refractivity contribution in [2.24, 2.45) is 23.5 Å². The monoisotopic (exact) mass is 343 g/mol. The van der Waals surface area contributed by atoms with E-state index < -0.39 is 5.54 Å². The molecule has 3 amide bonds. The Morgan fingerprint density at radius 3 is 2.13 bits per heavy atom. The maximum Gasteiger partial charge on any atom is 0.240 e. The van der Waals surface area contributed by atoms with E-state index in [9.17, 15) is 14.4 Å². The van der Waals surface area contributed by atoms with Crippen LogP contribution in [-0.2, 0) is 14.4 Å². The van der Waals surface area contributed by atoms with Crippen molar-refractivity contribution in [3.8, 4) is 0 Å². The molecule has 3 N–H and O–H groups in total. The third-order valence-corrected chi connectivity index (χ3v) is 5.56. The number of rotatable bonds is 5. The van der Waals surface area contributed by atoms with Crippen LogP contribution in [0.4, 0.5) is 0 Å². The highest BCUT2D eigenvalue weighted by Crippen LogP contribution is 2.39. The van der Waals surface area contributed by atoms with E-state index in [1.165, 1.54) is 4.90 Å². The molecule has 0 bridgehead atoms. The molecular weight excluding hydrogens is 318 g/mol. The zero-order valence-electron chi connectivity index (χ0n) is 13.5. The van der Waals surface area contributed by atoms with Crippen LogP contribution in [0.25, 0.3) is 0 Å². The van der Waals surface area contributed by atoms with Gasteiger partial charge in [0.2, 0.25) is 17.7 Å². The van der Waals surface area contributed by atoms with Gasteiger partial charge in [0.05, 0.1) is 17.4 Å². The maximum atomic E-state index is 12.4. The molecular formula is C16H26ClN3O3. The van der Waals surface area contributed by atoms with E-state index in [-0.39, 0.29) is 48.5 Å². The first kappa shape index (κ1) is 18.2. The second kappa shape index (κ2) is 6.77. The van der Waals surface area contributed by atoms with Gasteiger partial charge in [-0.3, -0.25) is 19.3 Å². The molecule has 3 rings (SSSR count). The Morgan fingerprint density at radius 1 is 1.17 bits per heavy atom. The Kier molecular flexibility index (Phi) is 5.36. The van der Waals surface area contributed by atoms with Crippen LogP contribution < -0.4 is 11.1 Å². The Hall–Kier alpha value is -1.14. The molecule has 0 aromatic heterocycles. The molecule has 130 valence electrons. The third-order valence-electron chi connectivity index (χ3n) is 5.56. The average molecular weight is 344 g/mol. The van der Waals surface area contributed by atoms with E-state index in [1.807, 2.05) is 6.92 Å². The number of hydrogen-bond donors (Lipinski definition) is 2. The van der Waals surface area contributed by atoms with Crippen LogP contribution in [0.5, 0.6) is 0 Å². The molecule has 2 aliphatic carbocycles. The average Bonchev–Trinajstić information content (AvgIpc) is 3.33. The van der Waals surface area contributed by atoms with E-state index in [1.54, 1.807) is 0 Å². The topological polar surface area (TPSA) is 92.5 Å². The molecule has 6 nitrogen and oxygen atoms in total. The van der Waals surface area contributed by atoms with Gasteiger partial charge in [0.1, 0.15) is 6.54 Å². The number of nitrogens with zero attached hydrogens (tertiary/aromatic N) is 1. The summed E-state index contributed by atoms with van der Waals surface area (Å²) in [5.41, 5.74) is 5.37. The largest absolute Gasteiger partial charge is 0.348 e. The van der Waals surface area contributed by atoms with Gasteiger partial charge in [-0.05, 0) is 38.5 Å². The summed E-state index contributed by atoms with van der Waals surface area (Å²) < 4.78 is 0. The number of halogens is 1. The fourth-order valence-electron chi connectivity index (χ4n) is 3.93. The number of likely N-dealkylation sites (tertiary alicyclic amines) is 1. The van der Waals surface area contributed by atoms with Gasteiger partial charge in [-0.25, -0.2) is 0 Å². The lowest BCUT2D eigenvalue weighted by atomic mass is 9.81. The van der Waals surface area contributed by atoms with Crippen LogP contribution in [0.1, 0.15) is 45.4 Å². The summed E-state index contributed by atoms with van der Waals surface area (Å²) in [5, 5.41) is 2.94. The van der Waals surface area contributed by atoms with Gasteiger partial charge >= 0.3 is 0 Å². The van der Waals surface area contributed by atoms with E-state index in [0.717, 1.165) is 38.5 Å². The summed E-state index contributed by atoms with van der Waals surface area (Å²) in [4.78, 5) is 38.2. The van der Waals surface area contributed by atoms with Gasteiger partial charge in [0.25, 0.3) is 0 Å². The number of carbonyl (C=O) groups is 3. The van der Waals surface area contributed by atoms with E-state index in [2.05, 4.69) is 5.32 Å². The summed E-state index contributed by atoms with van der Waals surface area (Å²) in [6.07, 6.45) is 5.67. The van der Waals surface area contributed by atoms with Gasteiger partial charge in [-0.1, -0.05) is 12.8 Å². The van der Waals surface area contributed by atoms with E-state index in [0.29, 0.717) is 12.5 Å². The summed E-state index contributed by atoms with van der Waals surface area (Å²) >= 11 is 0. The molecule has 7 heteroatoms. The van der Waals surface area contributed by atoms with Crippen molar-refractivity contribution in [2.45, 2.75) is 51.0 Å². The quantitative estimate of drug-likeness (QED) is 0.723. The minimum atomic E-state index is -0.421. The van der Waals surface area contributed by atoms with Crippen molar-refractivity contribution in [3.63, 3.8) is 0 Å². The first-order chi connectivity index (χ1) is 10.5. The number of hydrogen-bond acceptors (Lipinski definition) is 4. The molecule has 0 aromatic carbocycles. The zero-order chi connectivity index (χ0) is 15.9. The molecule has 1 saturated heterocycles. The SMILES string of the molecule is CC(CN)(NC(=O)CN1C(=O)C2CCCCC2C1=O)C1CC1.Cl. The molecule has 2 saturated carbocycles. The highest BCUT2D eigenvalue weighted by Gasteiger charge is 2.49. The molecule has 23 heavy (non-hydrogen) atoms. The zero-order valence-corrected chi connectivity index (χ0v) is 14.4. The lowest BCUT2D eigenvalue weighted by molar-refractivity contribution is -0.144. The summed E-state index contributed by atoms with van der Waals surface area (Å²) in [7, 11) is 0. The molecule has 0 spiro atoms. The van der Waals surface area contributed by atoms with E-state index in [4.69, 9.17) is 5.73 Å². The van der Waals surface area contributed by atoms with Crippen molar-refractivity contribution < 1.29 is 14.4 Å². The van der Waals surface area contributed by atoms with Crippen LogP contribution in [0, 0.1) is 17.8 Å². The first-order valence-corrected chi connectivity index (χ1v) is 8.32. The molecule has 0 radical (unpaired) electrons. The van der Waals surface area contributed by atoms with Crippen LogP contribution in [0.15, 0.2) is 0 Å². The Morgan fingerprint density at radius 2 is 1.70 bits per heavy atom. The van der Waals surface area contributed by atoms with Crippen molar-refractivity contribution >= 4 is 30.1 Å². The van der Waals surface area contributed by atoms with Crippen LogP contribution in [0.2, 0.25) is 0 Å². The van der Waals surface area contributed by atoms with Gasteiger partial charge in [-0.15, -0.1) is 12.4 Å². The standard InChI is InChI=1S/C16H25N3O3.ClH/c1-16(9-17,10-6-7-10)18-13(20)8-19-14(21)11-4-2-3-5-12(11)15(19)22;/h10-12H,2-9,17H2,1H3,(H,18,20);1H. The number of fused-ring (bicyclic) bond motifs is 1. The lowest BCUT2D eigenvalue weighted by Gasteiger charge is -2.30. The van der Waals surface area contributed by atoms with Crippen molar-refractivity contribution in [2.75, 3.05) is 13.1 Å². The smallest absolute Gasteiger partial charge is 0.240 e. The highest BCUT2D eigenvalue weighted by molar-refractivity contribution is 6.07. The molecule has 1 heterocycles. The van der Waals surface area contributed by atoms with Crippen molar-refractivity contribution in [1.82, 2.24) is 10.2 Å². The van der Waals surface area contributed by atoms with Gasteiger partial charge in [0, 0.05) is 6.54 Å². The summed E-state index contributed by atoms with van der Waals surface area (Å²) in [5.74, 6) is -0.581. The number of carbonyl (C=O) groups excluding carboxylic acids is 3. The second-order valence-electron chi connectivity index (χ2n) is 7.20. The number of imide groups is 1. The number of nitrogens with two attached hydrogens (primary N) is 1. The Bertz CT molecular complexity index is 485. The first-order valence-electron chi connectivity index (χ1n) is 8.32. The Labute approximate surface area is 142 Å². The van der Waals surface area contributed by atoms with Crippen LogP contribution in [0.3, 0.4) is 0 Å². The predicted octanol–water partition coefficient (Wildman–Crippen LogP) is 0.827. The number of nitrogens with one attached hydrogen (secondary N) is 1. The normalized spacial score (nSPS) is 29.6. The van der Waals surface area contributed by atoms with E-state index >= 15 is 0 Å². The minimum absolute atomic E-state index is 0. The summed E-state index contributed by atoms with van der Waals surface area (Å²) in [6.45, 7) is 2.15. The van der Waals surface area contributed by atoms with Crippen molar-refractivity contribution in [3.05, 3.63) is 0 Å². The lowest BCUT2D eigenvalue weighted by Crippen LogP contribution is -2.55. The van der Waals surface area contributed by atoms with Crippen LogP contribution in [-0.4, -0.2) is 41.2 Å². The third kappa shape index (κ3) is 3.38. The molecule has 3 atom stereocenters. The van der Waals surface area contributed by atoms with Gasteiger partial charge in [0.15, 0.2) is 0 Å². The van der Waals surface area contributed by atoms with Crippen LogP contribution >= 0.6 is 12.4 Å². The fraction of sp³-hybridized carbons (Fsp3) is 0.812. The number of amides is 3. The second-order valence-corrected chi connectivity index (χ2v) is 7.20. The molecule has 1 aliphatic heterocycles. The minimum Gasteiger partial charge on any atom is -0.348 e. The molecule has 0 aromatic rings. The molecule has 3 aliphatic rings. The highest BCUT2D eigenvalue weighted by atomic mass is 35.5. The molecule has 3 fully saturated rings. The maximum absolute atomic E-state index is 12.4. The van der Waals surface area contributed by atoms with Gasteiger partial charge < -0.3 is 11.1 Å². The fourth-order valence-corrected chi connectivity index (χ4v) is 3.93. The predicted molar refractivity (Wildman–Crippen MR) is 87.7 cm³/mol. The van der Waals surface area contributed by atoms with Crippen molar-refractivity contribution in [1.29, 1.82) is 0 Å².